The molecule has 6 nitrogen and oxygen atoms in total. The zero-order valence-corrected chi connectivity index (χ0v) is 15.5. The summed E-state index contributed by atoms with van der Waals surface area (Å²) in [5.41, 5.74) is 5.94. The fourth-order valence-corrected chi connectivity index (χ4v) is 3.74. The highest BCUT2D eigenvalue weighted by Crippen LogP contribution is 2.35. The van der Waals surface area contributed by atoms with Crippen molar-refractivity contribution in [1.29, 1.82) is 0 Å². The van der Waals surface area contributed by atoms with Crippen molar-refractivity contribution < 1.29 is 19.4 Å². The van der Waals surface area contributed by atoms with Crippen molar-refractivity contribution in [2.75, 3.05) is 32.9 Å². The summed E-state index contributed by atoms with van der Waals surface area (Å²) >= 11 is 6.08. The molecule has 2 fully saturated rings. The monoisotopic (exact) mass is 390 g/mol. The van der Waals surface area contributed by atoms with Crippen molar-refractivity contribution in [2.45, 2.75) is 25.0 Å². The van der Waals surface area contributed by atoms with Crippen LogP contribution in [0.4, 0.5) is 0 Å². The summed E-state index contributed by atoms with van der Waals surface area (Å²) < 4.78 is 11.4. The van der Waals surface area contributed by atoms with Gasteiger partial charge in [0.2, 0.25) is 0 Å². The average molecular weight is 391 g/mol. The second-order valence-electron chi connectivity index (χ2n) is 6.27. The first-order chi connectivity index (χ1) is 11.6. The highest BCUT2D eigenvalue weighted by molar-refractivity contribution is 6.31. The first-order valence-electron chi connectivity index (χ1n) is 8.30. The first kappa shape index (κ1) is 20.3. The van der Waals surface area contributed by atoms with E-state index in [-0.39, 0.29) is 43.0 Å². The molecule has 1 saturated heterocycles. The van der Waals surface area contributed by atoms with E-state index in [9.17, 15) is 9.90 Å². The molecule has 1 aromatic carbocycles. The number of carbonyl (C=O) groups excluding carboxylic acids is 1. The molecule has 140 valence electrons. The molecule has 1 saturated carbocycles. The number of amides is 1. The van der Waals surface area contributed by atoms with Crippen molar-refractivity contribution in [2.24, 2.45) is 11.7 Å². The van der Waals surface area contributed by atoms with Crippen LogP contribution < -0.4 is 10.5 Å². The maximum atomic E-state index is 13.1. The van der Waals surface area contributed by atoms with Gasteiger partial charge in [-0.2, -0.15) is 0 Å². The molecule has 1 aromatic rings. The Morgan fingerprint density at radius 3 is 2.96 bits per heavy atom. The van der Waals surface area contributed by atoms with E-state index in [1.165, 1.54) is 0 Å². The molecular formula is C17H24Cl2N2O4. The molecule has 8 heteroatoms. The zero-order chi connectivity index (χ0) is 17.1. The second-order valence-corrected chi connectivity index (χ2v) is 6.71. The number of ether oxygens (including phenoxy) is 2. The van der Waals surface area contributed by atoms with Crippen molar-refractivity contribution in [3.8, 4) is 5.75 Å². The Labute approximate surface area is 158 Å². The number of nitrogens with two attached hydrogens (primary N) is 1. The SMILES string of the molecule is Cl.NCCOc1ccc(Cl)cc1C(=O)N1CCOC2C[C@H](CO)C[C@@H]21. The number of rotatable bonds is 5. The van der Waals surface area contributed by atoms with Gasteiger partial charge in [-0.05, 0) is 37.0 Å². The summed E-state index contributed by atoms with van der Waals surface area (Å²) in [4.78, 5) is 14.9. The minimum absolute atomic E-state index is 0. The van der Waals surface area contributed by atoms with Gasteiger partial charge < -0.3 is 25.2 Å². The van der Waals surface area contributed by atoms with Crippen LogP contribution in [0.15, 0.2) is 18.2 Å². The lowest BCUT2D eigenvalue weighted by atomic mass is 10.1. The Hall–Kier alpha value is -1.05. The van der Waals surface area contributed by atoms with E-state index in [2.05, 4.69) is 0 Å². The van der Waals surface area contributed by atoms with Crippen LogP contribution in [0.5, 0.6) is 5.75 Å². The lowest BCUT2D eigenvalue weighted by Crippen LogP contribution is -2.51. The van der Waals surface area contributed by atoms with Gasteiger partial charge in [0.15, 0.2) is 0 Å². The minimum Gasteiger partial charge on any atom is -0.491 e. The summed E-state index contributed by atoms with van der Waals surface area (Å²) in [7, 11) is 0. The fourth-order valence-electron chi connectivity index (χ4n) is 3.57. The smallest absolute Gasteiger partial charge is 0.258 e. The van der Waals surface area contributed by atoms with Crippen LogP contribution >= 0.6 is 24.0 Å². The number of carbonyl (C=O) groups is 1. The van der Waals surface area contributed by atoms with Crippen molar-refractivity contribution >= 4 is 29.9 Å². The molecule has 1 aliphatic carbocycles. The quantitative estimate of drug-likeness (QED) is 0.799. The molecular weight excluding hydrogens is 367 g/mol. The van der Waals surface area contributed by atoms with E-state index in [1.807, 2.05) is 4.90 Å². The van der Waals surface area contributed by atoms with Gasteiger partial charge in [-0.1, -0.05) is 11.6 Å². The number of benzene rings is 1. The Balaban J connectivity index is 0.00000225. The van der Waals surface area contributed by atoms with E-state index in [0.29, 0.717) is 42.6 Å². The lowest BCUT2D eigenvalue weighted by Gasteiger charge is -2.38. The van der Waals surface area contributed by atoms with Gasteiger partial charge in [0.25, 0.3) is 5.91 Å². The van der Waals surface area contributed by atoms with Crippen molar-refractivity contribution in [3.05, 3.63) is 28.8 Å². The van der Waals surface area contributed by atoms with E-state index in [4.69, 9.17) is 26.8 Å². The third-order valence-corrected chi connectivity index (χ3v) is 4.94. The number of nitrogens with zero attached hydrogens (tertiary/aromatic N) is 1. The predicted molar refractivity (Wildman–Crippen MR) is 97.6 cm³/mol. The average Bonchev–Trinajstić information content (AvgIpc) is 3.03. The summed E-state index contributed by atoms with van der Waals surface area (Å²) in [6.45, 7) is 1.87. The molecule has 1 heterocycles. The standard InChI is InChI=1S/C17H23ClN2O4.ClH/c18-12-1-2-15(23-5-3-19)13(9-12)17(22)20-4-6-24-16-8-11(10-21)7-14(16)20;/h1-2,9,11,14,16,21H,3-8,10,19H2;1H/t11-,14+,16?;/m1./s1. The third kappa shape index (κ3) is 4.38. The largest absolute Gasteiger partial charge is 0.491 e. The Morgan fingerprint density at radius 2 is 2.24 bits per heavy atom. The number of aliphatic hydroxyl groups is 1. The molecule has 1 amide bonds. The van der Waals surface area contributed by atoms with Gasteiger partial charge in [-0.15, -0.1) is 12.4 Å². The number of halogens is 2. The van der Waals surface area contributed by atoms with Crippen LogP contribution in [0.25, 0.3) is 0 Å². The molecule has 3 rings (SSSR count). The molecule has 1 unspecified atom stereocenters. The van der Waals surface area contributed by atoms with Crippen LogP contribution in [-0.4, -0.2) is 61.0 Å². The second kappa shape index (κ2) is 9.05. The molecule has 1 aliphatic heterocycles. The topological polar surface area (TPSA) is 85.0 Å². The number of fused-ring (bicyclic) bond motifs is 1. The predicted octanol–water partition coefficient (Wildman–Crippen LogP) is 1.71. The fraction of sp³-hybridized carbons (Fsp3) is 0.588. The minimum atomic E-state index is -0.110. The summed E-state index contributed by atoms with van der Waals surface area (Å²) in [6, 6.07) is 5.03. The van der Waals surface area contributed by atoms with Gasteiger partial charge in [0.1, 0.15) is 12.4 Å². The van der Waals surface area contributed by atoms with Gasteiger partial charge >= 0.3 is 0 Å². The molecule has 0 radical (unpaired) electrons. The van der Waals surface area contributed by atoms with Crippen LogP contribution in [0.2, 0.25) is 5.02 Å². The van der Waals surface area contributed by atoms with E-state index in [1.54, 1.807) is 18.2 Å². The normalized spacial score (nSPS) is 25.2. The van der Waals surface area contributed by atoms with Crippen LogP contribution in [-0.2, 0) is 4.74 Å². The lowest BCUT2D eigenvalue weighted by molar-refractivity contribution is -0.0449. The Bertz CT molecular complexity index is 602. The van der Waals surface area contributed by atoms with Crippen LogP contribution in [0.3, 0.4) is 0 Å². The van der Waals surface area contributed by atoms with Crippen molar-refractivity contribution in [3.63, 3.8) is 0 Å². The summed E-state index contributed by atoms with van der Waals surface area (Å²) in [5, 5.41) is 9.91. The maximum Gasteiger partial charge on any atom is 0.258 e. The number of hydrogen-bond donors (Lipinski definition) is 2. The summed E-state index contributed by atoms with van der Waals surface area (Å²) in [5.74, 6) is 0.566. The highest BCUT2D eigenvalue weighted by atomic mass is 35.5. The van der Waals surface area contributed by atoms with E-state index < -0.39 is 0 Å². The van der Waals surface area contributed by atoms with Crippen molar-refractivity contribution in [1.82, 2.24) is 4.90 Å². The van der Waals surface area contributed by atoms with Gasteiger partial charge in [-0.3, -0.25) is 4.79 Å². The summed E-state index contributed by atoms with van der Waals surface area (Å²) in [6.07, 6.45) is 1.54. The number of morpholine rings is 1. The maximum absolute atomic E-state index is 13.1. The van der Waals surface area contributed by atoms with Crippen LogP contribution in [0, 0.1) is 5.92 Å². The zero-order valence-electron chi connectivity index (χ0n) is 13.9. The Kier molecular flexibility index (Phi) is 7.34. The molecule has 0 aromatic heterocycles. The van der Waals surface area contributed by atoms with E-state index >= 15 is 0 Å². The number of hydrogen-bond acceptors (Lipinski definition) is 5. The third-order valence-electron chi connectivity index (χ3n) is 4.70. The molecule has 2 aliphatic rings. The Morgan fingerprint density at radius 1 is 1.44 bits per heavy atom. The highest BCUT2D eigenvalue weighted by Gasteiger charge is 2.43. The number of aliphatic hydroxyl groups excluding tert-OH is 1. The molecule has 0 bridgehead atoms. The van der Waals surface area contributed by atoms with E-state index in [0.717, 1.165) is 12.8 Å². The molecule has 0 spiro atoms. The van der Waals surface area contributed by atoms with Gasteiger partial charge in [0, 0.05) is 24.7 Å². The molecule has 3 atom stereocenters. The molecule has 25 heavy (non-hydrogen) atoms. The molecule has 3 N–H and O–H groups in total. The first-order valence-corrected chi connectivity index (χ1v) is 8.67. The van der Waals surface area contributed by atoms with Crippen LogP contribution in [0.1, 0.15) is 23.2 Å². The van der Waals surface area contributed by atoms with Gasteiger partial charge in [0.05, 0.1) is 24.3 Å². The van der Waals surface area contributed by atoms with Gasteiger partial charge in [-0.25, -0.2) is 0 Å².